The molecule has 0 spiro atoms. The molecule has 3 nitrogen and oxygen atoms in total. The van der Waals surface area contributed by atoms with E-state index >= 15 is 0 Å². The van der Waals surface area contributed by atoms with Crippen LogP contribution in [0.1, 0.15) is 0 Å². The number of carboxylic acid groups (broad SMARTS) is 1. The molecule has 3 heteroatoms. The average Bonchev–Trinajstić information content (AvgIpc) is 2.15. The zero-order valence-corrected chi connectivity index (χ0v) is 4.78. The molecular weight excluding hydrogens is 118 g/mol. The number of carboxylic acids is 1. The van der Waals surface area contributed by atoms with Crippen molar-refractivity contribution < 1.29 is 9.90 Å². The lowest BCUT2D eigenvalue weighted by Crippen LogP contribution is -2.26. The maximum Gasteiger partial charge on any atom is 0.0615 e. The smallest absolute Gasteiger partial charge is 0.0615 e. The van der Waals surface area contributed by atoms with Crippen molar-refractivity contribution in [2.75, 3.05) is 0 Å². The maximum atomic E-state index is 9.93. The molecule has 0 aliphatic heterocycles. The van der Waals surface area contributed by atoms with E-state index in [9.17, 15) is 9.90 Å². The molecule has 0 unspecified atom stereocenters. The molecule has 0 atom stereocenters. The van der Waals surface area contributed by atoms with Crippen molar-refractivity contribution in [2.24, 2.45) is 0 Å². The van der Waals surface area contributed by atoms with Crippen LogP contribution in [0, 0.1) is 0 Å². The van der Waals surface area contributed by atoms with E-state index in [2.05, 4.69) is 0 Å². The molecule has 1 aromatic rings. The number of carbonyl (C=O) groups is 1. The van der Waals surface area contributed by atoms with Crippen molar-refractivity contribution in [2.45, 2.75) is 6.54 Å². The highest BCUT2D eigenvalue weighted by Gasteiger charge is 1.85. The molecule has 0 fully saturated rings. The Morgan fingerprint density at radius 3 is 2.44 bits per heavy atom. The summed E-state index contributed by atoms with van der Waals surface area (Å²) in [6.07, 6.45) is 3.35. The molecule has 0 N–H and O–H groups in total. The Labute approximate surface area is 52.5 Å². The first-order valence-electron chi connectivity index (χ1n) is 2.59. The topological polar surface area (TPSA) is 45.1 Å². The van der Waals surface area contributed by atoms with Crippen LogP contribution in [0.15, 0.2) is 24.5 Å². The molecule has 48 valence electrons. The predicted octanol–water partition coefficient (Wildman–Crippen LogP) is -0.762. The Kier molecular flexibility index (Phi) is 1.53. The second-order valence-electron chi connectivity index (χ2n) is 1.73. The van der Waals surface area contributed by atoms with E-state index < -0.39 is 5.97 Å². The third kappa shape index (κ3) is 1.60. The van der Waals surface area contributed by atoms with Gasteiger partial charge in [-0.25, -0.2) is 0 Å². The van der Waals surface area contributed by atoms with Crippen LogP contribution >= 0.6 is 0 Å². The van der Waals surface area contributed by atoms with E-state index in [-0.39, 0.29) is 6.54 Å². The maximum absolute atomic E-state index is 9.93. The third-order valence-electron chi connectivity index (χ3n) is 0.978. The Bertz CT molecular complexity index is 191. The molecular formula is C6H6NO2-. The van der Waals surface area contributed by atoms with E-state index in [0.29, 0.717) is 0 Å². The minimum Gasteiger partial charge on any atom is -0.548 e. The summed E-state index contributed by atoms with van der Waals surface area (Å²) in [5.41, 5.74) is 0. The Morgan fingerprint density at radius 2 is 2.00 bits per heavy atom. The van der Waals surface area contributed by atoms with Crippen molar-refractivity contribution in [3.8, 4) is 0 Å². The highest BCUT2D eigenvalue weighted by atomic mass is 16.4. The first-order valence-corrected chi connectivity index (χ1v) is 2.59. The largest absolute Gasteiger partial charge is 0.548 e. The lowest BCUT2D eigenvalue weighted by molar-refractivity contribution is -0.306. The summed E-state index contributed by atoms with van der Waals surface area (Å²) < 4.78 is 1.54. The van der Waals surface area contributed by atoms with Crippen LogP contribution in [0.25, 0.3) is 0 Å². The first-order chi connectivity index (χ1) is 4.29. The van der Waals surface area contributed by atoms with Crippen molar-refractivity contribution in [3.63, 3.8) is 0 Å². The van der Waals surface area contributed by atoms with Crippen LogP contribution < -0.4 is 5.11 Å². The minimum absolute atomic E-state index is 0.0625. The van der Waals surface area contributed by atoms with Gasteiger partial charge < -0.3 is 14.5 Å². The Hall–Kier alpha value is -1.25. The van der Waals surface area contributed by atoms with Crippen LogP contribution in [0.3, 0.4) is 0 Å². The fraction of sp³-hybridized carbons (Fsp3) is 0.167. The molecule has 0 aromatic carbocycles. The molecule has 0 aliphatic carbocycles. The number of aromatic nitrogens is 1. The zero-order valence-electron chi connectivity index (χ0n) is 4.78. The second kappa shape index (κ2) is 2.35. The summed E-state index contributed by atoms with van der Waals surface area (Å²) in [6.45, 7) is -0.0625. The van der Waals surface area contributed by atoms with Crippen LogP contribution in [0.2, 0.25) is 0 Å². The van der Waals surface area contributed by atoms with Gasteiger partial charge in [-0.1, -0.05) is 0 Å². The molecule has 0 saturated heterocycles. The van der Waals surface area contributed by atoms with Crippen LogP contribution in [-0.4, -0.2) is 10.5 Å². The zero-order chi connectivity index (χ0) is 6.69. The van der Waals surface area contributed by atoms with Gasteiger partial charge in [0.1, 0.15) is 0 Å². The molecule has 0 saturated carbocycles. The van der Waals surface area contributed by atoms with Gasteiger partial charge in [-0.3, -0.25) is 0 Å². The highest BCUT2D eigenvalue weighted by Crippen LogP contribution is 1.87. The summed E-state index contributed by atoms with van der Waals surface area (Å²) >= 11 is 0. The highest BCUT2D eigenvalue weighted by molar-refractivity contribution is 5.63. The van der Waals surface area contributed by atoms with Gasteiger partial charge in [0.15, 0.2) is 0 Å². The summed E-state index contributed by atoms with van der Waals surface area (Å²) in [5.74, 6) is -1.06. The number of hydrogen-bond acceptors (Lipinski definition) is 2. The summed E-state index contributed by atoms with van der Waals surface area (Å²) in [7, 11) is 0. The van der Waals surface area contributed by atoms with Gasteiger partial charge in [0.05, 0.1) is 12.5 Å². The first kappa shape index (κ1) is 5.88. The SMILES string of the molecule is O=C([O-])Cn1cccc1. The van der Waals surface area contributed by atoms with E-state index in [1.807, 2.05) is 0 Å². The number of aliphatic carboxylic acids is 1. The van der Waals surface area contributed by atoms with Gasteiger partial charge in [0.25, 0.3) is 0 Å². The molecule has 0 radical (unpaired) electrons. The quantitative estimate of drug-likeness (QED) is 0.520. The molecule has 0 bridgehead atoms. The molecule has 1 heterocycles. The lowest BCUT2D eigenvalue weighted by Gasteiger charge is -2.01. The summed E-state index contributed by atoms with van der Waals surface area (Å²) in [4.78, 5) is 9.93. The minimum atomic E-state index is -1.06. The second-order valence-corrected chi connectivity index (χ2v) is 1.73. The molecule has 1 aromatic heterocycles. The van der Waals surface area contributed by atoms with Crippen LogP contribution in [0.4, 0.5) is 0 Å². The Balaban J connectivity index is 2.58. The van der Waals surface area contributed by atoms with Crippen LogP contribution in [0.5, 0.6) is 0 Å². The fourth-order valence-corrected chi connectivity index (χ4v) is 0.625. The van der Waals surface area contributed by atoms with E-state index in [1.165, 1.54) is 4.57 Å². The van der Waals surface area contributed by atoms with Gasteiger partial charge >= 0.3 is 0 Å². The lowest BCUT2D eigenvalue weighted by atomic mass is 10.6. The van der Waals surface area contributed by atoms with Gasteiger partial charge in [-0.2, -0.15) is 0 Å². The standard InChI is InChI=1S/C6H7NO2/c8-6(9)5-7-3-1-2-4-7/h1-4H,5H2,(H,8,9)/p-1. The van der Waals surface area contributed by atoms with E-state index in [0.717, 1.165) is 0 Å². The van der Waals surface area contributed by atoms with Crippen molar-refractivity contribution in [1.82, 2.24) is 4.57 Å². The number of carbonyl (C=O) groups excluding carboxylic acids is 1. The molecule has 1 rings (SSSR count). The van der Waals surface area contributed by atoms with Gasteiger partial charge in [-0.15, -0.1) is 0 Å². The predicted molar refractivity (Wildman–Crippen MR) is 29.4 cm³/mol. The monoisotopic (exact) mass is 124 g/mol. The van der Waals surface area contributed by atoms with E-state index in [1.54, 1.807) is 24.5 Å². The molecule has 0 aliphatic rings. The number of nitrogens with zero attached hydrogens (tertiary/aromatic N) is 1. The molecule has 0 amide bonds. The summed E-state index contributed by atoms with van der Waals surface area (Å²) in [6, 6.07) is 3.53. The normalized spacial score (nSPS) is 9.33. The van der Waals surface area contributed by atoms with Gasteiger partial charge in [0, 0.05) is 12.4 Å². The third-order valence-corrected chi connectivity index (χ3v) is 0.978. The number of rotatable bonds is 2. The van der Waals surface area contributed by atoms with E-state index in [4.69, 9.17) is 0 Å². The Morgan fingerprint density at radius 1 is 1.44 bits per heavy atom. The van der Waals surface area contributed by atoms with Crippen molar-refractivity contribution >= 4 is 5.97 Å². The van der Waals surface area contributed by atoms with Crippen LogP contribution in [-0.2, 0) is 11.3 Å². The van der Waals surface area contributed by atoms with Gasteiger partial charge in [-0.05, 0) is 12.1 Å². The average molecular weight is 124 g/mol. The fourth-order valence-electron chi connectivity index (χ4n) is 0.625. The number of hydrogen-bond donors (Lipinski definition) is 0. The van der Waals surface area contributed by atoms with Gasteiger partial charge in [0.2, 0.25) is 0 Å². The van der Waals surface area contributed by atoms with Crippen molar-refractivity contribution in [1.29, 1.82) is 0 Å². The molecule has 9 heavy (non-hydrogen) atoms. The van der Waals surface area contributed by atoms with Crippen molar-refractivity contribution in [3.05, 3.63) is 24.5 Å². The summed E-state index contributed by atoms with van der Waals surface area (Å²) in [5, 5.41) is 9.93.